The number of amides is 2. The van der Waals surface area contributed by atoms with E-state index in [9.17, 15) is 4.79 Å². The van der Waals surface area contributed by atoms with Gasteiger partial charge in [-0.15, -0.1) is 0 Å². The molecule has 1 heterocycles. The van der Waals surface area contributed by atoms with Crippen LogP contribution in [0.5, 0.6) is 0 Å². The minimum atomic E-state index is -0.252. The van der Waals surface area contributed by atoms with Crippen LogP contribution in [0.25, 0.3) is 11.5 Å². The van der Waals surface area contributed by atoms with Crippen LogP contribution < -0.4 is 10.6 Å². The van der Waals surface area contributed by atoms with Gasteiger partial charge in [-0.3, -0.25) is 0 Å². The summed E-state index contributed by atoms with van der Waals surface area (Å²) in [5.41, 5.74) is 1.49. The zero-order valence-electron chi connectivity index (χ0n) is 14.5. The predicted molar refractivity (Wildman–Crippen MR) is 94.2 cm³/mol. The highest BCUT2D eigenvalue weighted by Gasteiger charge is 2.31. The van der Waals surface area contributed by atoms with E-state index < -0.39 is 0 Å². The SMILES string of the molecule is CC(C)c1noc(-c2ccc(NC(=O)NC(CCO)C3CC3)cc2)n1. The topological polar surface area (TPSA) is 100 Å². The Balaban J connectivity index is 1.59. The smallest absolute Gasteiger partial charge is 0.319 e. The number of anilines is 1. The molecule has 0 bridgehead atoms. The van der Waals surface area contributed by atoms with Crippen molar-refractivity contribution in [3.05, 3.63) is 30.1 Å². The molecule has 0 aliphatic heterocycles. The van der Waals surface area contributed by atoms with Crippen LogP contribution in [-0.4, -0.2) is 33.9 Å². The van der Waals surface area contributed by atoms with Crippen LogP contribution in [0.3, 0.4) is 0 Å². The molecule has 1 unspecified atom stereocenters. The number of nitrogens with one attached hydrogen (secondary N) is 2. The number of hydrogen-bond acceptors (Lipinski definition) is 5. The lowest BCUT2D eigenvalue weighted by Crippen LogP contribution is -2.39. The lowest BCUT2D eigenvalue weighted by Gasteiger charge is -2.17. The lowest BCUT2D eigenvalue weighted by molar-refractivity contribution is 0.234. The maximum absolute atomic E-state index is 12.1. The number of urea groups is 1. The number of benzene rings is 1. The van der Waals surface area contributed by atoms with Crippen molar-refractivity contribution in [1.29, 1.82) is 0 Å². The Morgan fingerprint density at radius 2 is 2.04 bits per heavy atom. The molecular formula is C18H24N4O3. The molecule has 0 spiro atoms. The Bertz CT molecular complexity index is 707. The summed E-state index contributed by atoms with van der Waals surface area (Å²) in [4.78, 5) is 16.5. The summed E-state index contributed by atoms with van der Waals surface area (Å²) in [7, 11) is 0. The fourth-order valence-electron chi connectivity index (χ4n) is 2.68. The molecule has 2 aromatic rings. The van der Waals surface area contributed by atoms with Gasteiger partial charge in [-0.05, 0) is 49.4 Å². The van der Waals surface area contributed by atoms with Crippen LogP contribution in [0.15, 0.2) is 28.8 Å². The quantitative estimate of drug-likeness (QED) is 0.716. The monoisotopic (exact) mass is 344 g/mol. The fraction of sp³-hybridized carbons (Fsp3) is 0.500. The highest BCUT2D eigenvalue weighted by atomic mass is 16.5. The van der Waals surface area contributed by atoms with E-state index in [1.807, 2.05) is 26.0 Å². The molecule has 7 heteroatoms. The Kier molecular flexibility index (Phi) is 5.33. The van der Waals surface area contributed by atoms with Crippen LogP contribution >= 0.6 is 0 Å². The summed E-state index contributed by atoms with van der Waals surface area (Å²) >= 11 is 0. The summed E-state index contributed by atoms with van der Waals surface area (Å²) in [5.74, 6) is 1.84. The summed E-state index contributed by atoms with van der Waals surface area (Å²) < 4.78 is 5.26. The van der Waals surface area contributed by atoms with Gasteiger partial charge in [0.2, 0.25) is 0 Å². The molecule has 1 aliphatic carbocycles. The average molecular weight is 344 g/mol. The molecule has 134 valence electrons. The zero-order chi connectivity index (χ0) is 17.8. The first kappa shape index (κ1) is 17.4. The molecule has 1 atom stereocenters. The standard InChI is InChI=1S/C18H24N4O3/c1-11(2)16-21-17(25-22-16)13-5-7-14(8-6-13)19-18(24)20-15(9-10-23)12-3-4-12/h5-8,11-12,15,23H,3-4,9-10H2,1-2H3,(H2,19,20,24). The lowest BCUT2D eigenvalue weighted by atomic mass is 10.1. The van der Waals surface area contributed by atoms with Crippen LogP contribution in [-0.2, 0) is 0 Å². The van der Waals surface area contributed by atoms with Gasteiger partial charge in [0, 0.05) is 29.8 Å². The van der Waals surface area contributed by atoms with Crippen molar-refractivity contribution in [1.82, 2.24) is 15.5 Å². The molecule has 0 radical (unpaired) electrons. The second kappa shape index (κ2) is 7.65. The van der Waals surface area contributed by atoms with Crippen LogP contribution in [0, 0.1) is 5.92 Å². The summed E-state index contributed by atoms with van der Waals surface area (Å²) in [6.45, 7) is 4.09. The van der Waals surface area contributed by atoms with Gasteiger partial charge in [-0.25, -0.2) is 4.79 Å². The minimum Gasteiger partial charge on any atom is -0.396 e. The normalized spacial score (nSPS) is 15.2. The number of aliphatic hydroxyl groups is 1. The van der Waals surface area contributed by atoms with E-state index in [4.69, 9.17) is 9.63 Å². The molecule has 25 heavy (non-hydrogen) atoms. The van der Waals surface area contributed by atoms with Gasteiger partial charge in [-0.1, -0.05) is 19.0 Å². The maximum Gasteiger partial charge on any atom is 0.319 e. The van der Waals surface area contributed by atoms with Crippen molar-refractivity contribution in [3.63, 3.8) is 0 Å². The molecule has 1 aromatic carbocycles. The Labute approximate surface area is 146 Å². The number of carbonyl (C=O) groups excluding carboxylic acids is 1. The van der Waals surface area contributed by atoms with E-state index in [-0.39, 0.29) is 24.6 Å². The molecule has 7 nitrogen and oxygen atoms in total. The van der Waals surface area contributed by atoms with Crippen molar-refractivity contribution in [2.75, 3.05) is 11.9 Å². The first-order valence-electron chi connectivity index (χ1n) is 8.69. The third-order valence-electron chi connectivity index (χ3n) is 4.30. The van der Waals surface area contributed by atoms with Gasteiger partial charge in [0.05, 0.1) is 0 Å². The first-order chi connectivity index (χ1) is 12.1. The number of aromatic nitrogens is 2. The average Bonchev–Trinajstić information content (AvgIpc) is 3.31. The first-order valence-corrected chi connectivity index (χ1v) is 8.69. The van der Waals surface area contributed by atoms with Crippen LogP contribution in [0.4, 0.5) is 10.5 Å². The van der Waals surface area contributed by atoms with Gasteiger partial charge in [0.15, 0.2) is 5.82 Å². The molecule has 1 saturated carbocycles. The second-order valence-corrected chi connectivity index (χ2v) is 6.74. The van der Waals surface area contributed by atoms with E-state index in [2.05, 4.69) is 20.8 Å². The van der Waals surface area contributed by atoms with E-state index in [0.717, 1.165) is 18.4 Å². The molecule has 0 saturated heterocycles. The Morgan fingerprint density at radius 1 is 1.32 bits per heavy atom. The van der Waals surface area contributed by atoms with Gasteiger partial charge in [0.25, 0.3) is 5.89 Å². The summed E-state index contributed by atoms with van der Waals surface area (Å²) in [6, 6.07) is 7.05. The van der Waals surface area contributed by atoms with E-state index in [0.29, 0.717) is 29.7 Å². The van der Waals surface area contributed by atoms with Crippen LogP contribution in [0.2, 0.25) is 0 Å². The minimum absolute atomic E-state index is 0.0390. The van der Waals surface area contributed by atoms with E-state index in [1.54, 1.807) is 12.1 Å². The molecule has 1 aliphatic rings. The third kappa shape index (κ3) is 4.57. The highest BCUT2D eigenvalue weighted by Crippen LogP contribution is 2.34. The van der Waals surface area contributed by atoms with Crippen LogP contribution in [0.1, 0.15) is 44.9 Å². The van der Waals surface area contributed by atoms with Gasteiger partial charge >= 0.3 is 6.03 Å². The van der Waals surface area contributed by atoms with Gasteiger partial charge in [0.1, 0.15) is 0 Å². The predicted octanol–water partition coefficient (Wildman–Crippen LogP) is 3.14. The summed E-state index contributed by atoms with van der Waals surface area (Å²) in [5, 5.41) is 18.8. The summed E-state index contributed by atoms with van der Waals surface area (Å²) in [6.07, 6.45) is 2.82. The van der Waals surface area contributed by atoms with Crippen molar-refractivity contribution < 1.29 is 14.4 Å². The number of hydrogen-bond donors (Lipinski definition) is 3. The number of nitrogens with zero attached hydrogens (tertiary/aromatic N) is 2. The van der Waals surface area contributed by atoms with Crippen molar-refractivity contribution >= 4 is 11.7 Å². The number of carbonyl (C=O) groups is 1. The zero-order valence-corrected chi connectivity index (χ0v) is 14.5. The molecular weight excluding hydrogens is 320 g/mol. The largest absolute Gasteiger partial charge is 0.396 e. The Morgan fingerprint density at radius 3 is 2.60 bits per heavy atom. The third-order valence-corrected chi connectivity index (χ3v) is 4.30. The van der Waals surface area contributed by atoms with Crippen molar-refractivity contribution in [2.45, 2.75) is 45.1 Å². The molecule has 3 rings (SSSR count). The second-order valence-electron chi connectivity index (χ2n) is 6.74. The van der Waals surface area contributed by atoms with Crippen molar-refractivity contribution in [2.24, 2.45) is 5.92 Å². The molecule has 3 N–H and O–H groups in total. The Hall–Kier alpha value is -2.41. The van der Waals surface area contributed by atoms with E-state index in [1.165, 1.54) is 0 Å². The highest BCUT2D eigenvalue weighted by molar-refractivity contribution is 5.89. The van der Waals surface area contributed by atoms with E-state index >= 15 is 0 Å². The molecule has 2 amide bonds. The van der Waals surface area contributed by atoms with Gasteiger partial charge in [-0.2, -0.15) is 4.98 Å². The fourth-order valence-corrected chi connectivity index (χ4v) is 2.68. The van der Waals surface area contributed by atoms with Gasteiger partial charge < -0.3 is 20.3 Å². The maximum atomic E-state index is 12.1. The molecule has 1 fully saturated rings. The number of rotatable bonds is 7. The molecule has 1 aromatic heterocycles. The van der Waals surface area contributed by atoms with Crippen molar-refractivity contribution in [3.8, 4) is 11.5 Å². The number of aliphatic hydroxyl groups excluding tert-OH is 1.